The third kappa shape index (κ3) is 1.81. The van der Waals surface area contributed by atoms with E-state index in [1.54, 1.807) is 6.07 Å². The van der Waals surface area contributed by atoms with Gasteiger partial charge < -0.3 is 10.5 Å². The van der Waals surface area contributed by atoms with Crippen LogP contribution in [0.5, 0.6) is 0 Å². The molecule has 0 bridgehead atoms. The summed E-state index contributed by atoms with van der Waals surface area (Å²) in [6, 6.07) is 7.31. The number of hydrogen-bond acceptors (Lipinski definition) is 3. The molecule has 1 heterocycles. The van der Waals surface area contributed by atoms with Crippen molar-refractivity contribution in [2.75, 3.05) is 18.9 Å². The van der Waals surface area contributed by atoms with Crippen LogP contribution in [0.25, 0.3) is 0 Å². The first-order valence-corrected chi connectivity index (χ1v) is 5.83. The Bertz CT molecular complexity index is 348. The van der Waals surface area contributed by atoms with Crippen LogP contribution in [0.2, 0.25) is 0 Å². The van der Waals surface area contributed by atoms with E-state index in [9.17, 15) is 4.21 Å². The van der Waals surface area contributed by atoms with Gasteiger partial charge in [0.1, 0.15) is 0 Å². The van der Waals surface area contributed by atoms with E-state index < -0.39 is 10.8 Å². The second-order valence-corrected chi connectivity index (χ2v) is 5.02. The number of anilines is 1. The Kier molecular flexibility index (Phi) is 2.84. The summed E-state index contributed by atoms with van der Waals surface area (Å²) in [5.74, 6) is 0. The lowest BCUT2D eigenvalue weighted by atomic mass is 10.3. The fourth-order valence-corrected chi connectivity index (χ4v) is 2.93. The Balaban J connectivity index is 2.22. The molecule has 0 aliphatic carbocycles. The SMILES string of the molecule is Nc1ccccc1S(=O)C1CCOC1. The van der Waals surface area contributed by atoms with Crippen LogP contribution in [-0.2, 0) is 15.5 Å². The van der Waals surface area contributed by atoms with E-state index in [2.05, 4.69) is 0 Å². The van der Waals surface area contributed by atoms with Crippen molar-refractivity contribution in [3.63, 3.8) is 0 Å². The lowest BCUT2D eigenvalue weighted by Crippen LogP contribution is -2.15. The van der Waals surface area contributed by atoms with Crippen molar-refractivity contribution in [2.45, 2.75) is 16.6 Å². The molecule has 1 aliphatic rings. The number of nitrogens with two attached hydrogens (primary N) is 1. The molecular formula is C10H13NO2S. The van der Waals surface area contributed by atoms with Crippen LogP contribution in [0.4, 0.5) is 5.69 Å². The van der Waals surface area contributed by atoms with Crippen molar-refractivity contribution in [1.82, 2.24) is 0 Å². The summed E-state index contributed by atoms with van der Waals surface area (Å²) < 4.78 is 17.2. The predicted molar refractivity (Wildman–Crippen MR) is 56.5 cm³/mol. The fourth-order valence-electron chi connectivity index (χ4n) is 1.53. The maximum absolute atomic E-state index is 12.0. The molecule has 1 aromatic rings. The minimum atomic E-state index is -1.02. The highest BCUT2D eigenvalue weighted by molar-refractivity contribution is 7.85. The van der Waals surface area contributed by atoms with Crippen LogP contribution in [-0.4, -0.2) is 22.7 Å². The molecule has 1 aromatic carbocycles. The van der Waals surface area contributed by atoms with Gasteiger partial charge in [0, 0.05) is 12.3 Å². The zero-order valence-corrected chi connectivity index (χ0v) is 8.63. The van der Waals surface area contributed by atoms with Gasteiger partial charge in [-0.2, -0.15) is 0 Å². The average molecular weight is 211 g/mol. The fraction of sp³-hybridized carbons (Fsp3) is 0.400. The molecule has 4 heteroatoms. The molecular weight excluding hydrogens is 198 g/mol. The molecule has 2 unspecified atom stereocenters. The van der Waals surface area contributed by atoms with Gasteiger partial charge in [0.2, 0.25) is 0 Å². The number of nitrogen functional groups attached to an aromatic ring is 1. The normalized spacial score (nSPS) is 23.6. The first-order valence-electron chi connectivity index (χ1n) is 4.62. The van der Waals surface area contributed by atoms with E-state index >= 15 is 0 Å². The van der Waals surface area contributed by atoms with Crippen LogP contribution < -0.4 is 5.73 Å². The summed E-state index contributed by atoms with van der Waals surface area (Å²) in [6.45, 7) is 1.30. The van der Waals surface area contributed by atoms with Crippen LogP contribution in [0, 0.1) is 0 Å². The molecule has 76 valence electrons. The summed E-state index contributed by atoms with van der Waals surface area (Å²) in [4.78, 5) is 0.739. The molecule has 0 amide bonds. The molecule has 0 spiro atoms. The van der Waals surface area contributed by atoms with Crippen molar-refractivity contribution < 1.29 is 8.95 Å². The van der Waals surface area contributed by atoms with Crippen molar-refractivity contribution in [3.05, 3.63) is 24.3 Å². The molecule has 3 nitrogen and oxygen atoms in total. The van der Waals surface area contributed by atoms with Gasteiger partial charge in [0.05, 0.1) is 27.6 Å². The van der Waals surface area contributed by atoms with Crippen molar-refractivity contribution in [1.29, 1.82) is 0 Å². The lowest BCUT2D eigenvalue weighted by Gasteiger charge is -2.09. The molecule has 14 heavy (non-hydrogen) atoms. The molecule has 2 rings (SSSR count). The van der Waals surface area contributed by atoms with Crippen LogP contribution in [0.15, 0.2) is 29.2 Å². The van der Waals surface area contributed by atoms with Gasteiger partial charge in [-0.15, -0.1) is 0 Å². The topological polar surface area (TPSA) is 52.3 Å². The van der Waals surface area contributed by atoms with Gasteiger partial charge in [0.25, 0.3) is 0 Å². The van der Waals surface area contributed by atoms with E-state index in [0.29, 0.717) is 18.9 Å². The van der Waals surface area contributed by atoms with Crippen LogP contribution >= 0.6 is 0 Å². The predicted octanol–water partition coefficient (Wildman–Crippen LogP) is 1.17. The van der Waals surface area contributed by atoms with E-state index in [1.165, 1.54) is 0 Å². The third-order valence-electron chi connectivity index (χ3n) is 2.33. The smallest absolute Gasteiger partial charge is 0.0651 e. The maximum atomic E-state index is 12.0. The molecule has 1 saturated heterocycles. The van der Waals surface area contributed by atoms with Gasteiger partial charge in [-0.05, 0) is 18.6 Å². The van der Waals surface area contributed by atoms with Crippen LogP contribution in [0.1, 0.15) is 6.42 Å². The van der Waals surface area contributed by atoms with E-state index in [1.807, 2.05) is 18.2 Å². The Morgan fingerprint density at radius 1 is 1.43 bits per heavy atom. The Morgan fingerprint density at radius 2 is 2.21 bits per heavy atom. The first-order chi connectivity index (χ1) is 6.79. The number of rotatable bonds is 2. The summed E-state index contributed by atoms with van der Waals surface area (Å²) in [5.41, 5.74) is 6.36. The van der Waals surface area contributed by atoms with Crippen molar-refractivity contribution >= 4 is 16.5 Å². The largest absolute Gasteiger partial charge is 0.398 e. The third-order valence-corrected chi connectivity index (χ3v) is 4.11. The van der Waals surface area contributed by atoms with E-state index in [4.69, 9.17) is 10.5 Å². The average Bonchev–Trinajstić information content (AvgIpc) is 2.70. The van der Waals surface area contributed by atoms with Gasteiger partial charge in [-0.25, -0.2) is 0 Å². The molecule has 1 aliphatic heterocycles. The molecule has 2 atom stereocenters. The number of benzene rings is 1. The zero-order valence-electron chi connectivity index (χ0n) is 7.81. The quantitative estimate of drug-likeness (QED) is 0.747. The monoisotopic (exact) mass is 211 g/mol. The molecule has 1 fully saturated rings. The standard InChI is InChI=1S/C10H13NO2S/c11-9-3-1-2-4-10(9)14(12)8-5-6-13-7-8/h1-4,8H,5-7,11H2. The number of hydrogen-bond donors (Lipinski definition) is 1. The Hall–Kier alpha value is -0.870. The second-order valence-electron chi connectivity index (χ2n) is 3.32. The number of para-hydroxylation sites is 1. The minimum Gasteiger partial charge on any atom is -0.398 e. The van der Waals surface area contributed by atoms with Gasteiger partial charge in [-0.3, -0.25) is 4.21 Å². The molecule has 0 saturated carbocycles. The molecule has 0 aromatic heterocycles. The highest BCUT2D eigenvalue weighted by atomic mass is 32.2. The van der Waals surface area contributed by atoms with Crippen LogP contribution in [0.3, 0.4) is 0 Å². The van der Waals surface area contributed by atoms with Crippen molar-refractivity contribution in [2.24, 2.45) is 0 Å². The van der Waals surface area contributed by atoms with Gasteiger partial charge in [-0.1, -0.05) is 12.1 Å². The molecule has 2 N–H and O–H groups in total. The Morgan fingerprint density at radius 3 is 2.86 bits per heavy atom. The summed E-state index contributed by atoms with van der Waals surface area (Å²) in [5, 5.41) is 0.111. The van der Waals surface area contributed by atoms with E-state index in [0.717, 1.165) is 11.3 Å². The maximum Gasteiger partial charge on any atom is 0.0651 e. The number of ether oxygens (including phenoxy) is 1. The zero-order chi connectivity index (χ0) is 9.97. The summed E-state index contributed by atoms with van der Waals surface area (Å²) in [7, 11) is -1.02. The van der Waals surface area contributed by atoms with Crippen molar-refractivity contribution in [3.8, 4) is 0 Å². The highest BCUT2D eigenvalue weighted by Gasteiger charge is 2.24. The summed E-state index contributed by atoms with van der Waals surface area (Å²) in [6.07, 6.45) is 0.862. The Labute approximate surface area is 85.7 Å². The molecule has 0 radical (unpaired) electrons. The highest BCUT2D eigenvalue weighted by Crippen LogP contribution is 2.22. The first kappa shape index (κ1) is 9.68. The van der Waals surface area contributed by atoms with Gasteiger partial charge >= 0.3 is 0 Å². The minimum absolute atomic E-state index is 0.111. The van der Waals surface area contributed by atoms with E-state index in [-0.39, 0.29) is 5.25 Å². The second kappa shape index (κ2) is 4.11. The lowest BCUT2D eigenvalue weighted by molar-refractivity contribution is 0.199. The van der Waals surface area contributed by atoms with Gasteiger partial charge in [0.15, 0.2) is 0 Å². The summed E-state index contributed by atoms with van der Waals surface area (Å²) >= 11 is 0.